The number of hydrogen-bond donors (Lipinski definition) is 2. The Hall–Kier alpha value is -2.57. The first-order valence-electron chi connectivity index (χ1n) is 12.4. The number of nitrogens with two attached hydrogens (primary N) is 1. The molecule has 2 aliphatic rings. The van der Waals surface area contributed by atoms with Gasteiger partial charge in [-0.15, -0.1) is 0 Å². The fraction of sp³-hybridized carbons (Fsp3) is 0.519. The topological polar surface area (TPSA) is 66.1 Å². The number of likely N-dealkylation sites (N-methyl/N-ethyl adjacent to an activating group) is 1. The smallest absolute Gasteiger partial charge is 0.198 e. The molecule has 1 saturated carbocycles. The monoisotopic (exact) mass is 449 g/mol. The number of hydrogen-bond acceptors (Lipinski definition) is 4. The van der Waals surface area contributed by atoms with E-state index in [2.05, 4.69) is 46.4 Å². The Bertz CT molecular complexity index is 862. The van der Waals surface area contributed by atoms with Gasteiger partial charge in [-0.25, -0.2) is 0 Å². The zero-order valence-electron chi connectivity index (χ0n) is 20.0. The molecule has 0 amide bonds. The van der Waals surface area contributed by atoms with E-state index in [1.165, 1.54) is 31.2 Å². The van der Waals surface area contributed by atoms with Crippen LogP contribution in [0, 0.1) is 11.8 Å². The van der Waals surface area contributed by atoms with E-state index in [0.717, 1.165) is 56.7 Å². The summed E-state index contributed by atoms with van der Waals surface area (Å²) in [6, 6.07) is 18.5. The number of guanidine groups is 1. The summed E-state index contributed by atoms with van der Waals surface area (Å²) in [5, 5.41) is 3.61. The summed E-state index contributed by atoms with van der Waals surface area (Å²) in [4.78, 5) is 9.87. The Balaban J connectivity index is 1.38. The molecule has 1 aliphatic heterocycles. The lowest BCUT2D eigenvalue weighted by atomic mass is 9.81. The quantitative estimate of drug-likeness (QED) is 0.493. The first-order chi connectivity index (χ1) is 16.2. The van der Waals surface area contributed by atoms with E-state index in [9.17, 15) is 0 Å². The van der Waals surface area contributed by atoms with Crippen molar-refractivity contribution in [3.05, 3.63) is 60.2 Å². The number of piperazine rings is 1. The van der Waals surface area contributed by atoms with Crippen molar-refractivity contribution in [2.75, 3.05) is 51.6 Å². The normalized spacial score (nSPS) is 22.2. The number of anilines is 1. The minimum Gasteiger partial charge on any atom is -0.489 e. The third kappa shape index (κ3) is 7.21. The molecular formula is C27H39N5O. The molecule has 2 unspecified atom stereocenters. The SMILES string of the molecule is CN1CCN(C(=NCC2CCCC(CN)C2)Nc2ccc(OCc3ccccc3)cc2)CC1. The van der Waals surface area contributed by atoms with E-state index in [0.29, 0.717) is 18.4 Å². The van der Waals surface area contributed by atoms with Crippen LogP contribution >= 0.6 is 0 Å². The maximum atomic E-state index is 5.95. The van der Waals surface area contributed by atoms with Gasteiger partial charge in [-0.2, -0.15) is 0 Å². The van der Waals surface area contributed by atoms with Crippen LogP contribution < -0.4 is 15.8 Å². The summed E-state index contributed by atoms with van der Waals surface area (Å²) < 4.78 is 5.94. The van der Waals surface area contributed by atoms with Gasteiger partial charge in [0.1, 0.15) is 12.4 Å². The van der Waals surface area contributed by atoms with Gasteiger partial charge in [-0.1, -0.05) is 36.8 Å². The van der Waals surface area contributed by atoms with E-state index in [4.69, 9.17) is 15.5 Å². The molecular weight excluding hydrogens is 410 g/mol. The van der Waals surface area contributed by atoms with E-state index < -0.39 is 0 Å². The van der Waals surface area contributed by atoms with E-state index in [-0.39, 0.29) is 0 Å². The molecule has 2 atom stereocenters. The molecule has 2 aromatic carbocycles. The number of benzene rings is 2. The molecule has 2 fully saturated rings. The van der Waals surface area contributed by atoms with Gasteiger partial charge >= 0.3 is 0 Å². The number of aliphatic imine (C=N–C) groups is 1. The van der Waals surface area contributed by atoms with E-state index >= 15 is 0 Å². The maximum Gasteiger partial charge on any atom is 0.198 e. The van der Waals surface area contributed by atoms with Crippen LogP contribution in [0.5, 0.6) is 5.75 Å². The van der Waals surface area contributed by atoms with Gasteiger partial charge in [0.05, 0.1) is 0 Å². The molecule has 6 nitrogen and oxygen atoms in total. The van der Waals surface area contributed by atoms with Gasteiger partial charge in [0, 0.05) is 38.4 Å². The standard InChI is InChI=1S/C27H39N5O/c1-31-14-16-32(17-15-31)27(29-20-24-9-5-8-23(18-24)19-28)30-25-10-12-26(13-11-25)33-21-22-6-3-2-4-7-22/h2-4,6-7,10-13,23-24H,5,8-9,14-21,28H2,1H3,(H,29,30). The second kappa shape index (κ2) is 12.1. The van der Waals surface area contributed by atoms with E-state index in [1.54, 1.807) is 0 Å². The zero-order valence-corrected chi connectivity index (χ0v) is 20.0. The molecule has 33 heavy (non-hydrogen) atoms. The minimum atomic E-state index is 0.576. The van der Waals surface area contributed by atoms with Crippen LogP contribution in [-0.4, -0.2) is 62.1 Å². The molecule has 178 valence electrons. The molecule has 1 saturated heterocycles. The highest BCUT2D eigenvalue weighted by Crippen LogP contribution is 2.28. The zero-order chi connectivity index (χ0) is 22.9. The van der Waals surface area contributed by atoms with Crippen LogP contribution in [0.2, 0.25) is 0 Å². The average molecular weight is 450 g/mol. The first kappa shape index (κ1) is 23.6. The lowest BCUT2D eigenvalue weighted by molar-refractivity contribution is 0.214. The molecule has 0 radical (unpaired) electrons. The van der Waals surface area contributed by atoms with Crippen molar-refractivity contribution < 1.29 is 4.74 Å². The van der Waals surface area contributed by atoms with E-state index in [1.807, 2.05) is 30.3 Å². The maximum absolute atomic E-state index is 5.95. The molecule has 2 aromatic rings. The Labute approximate surface area is 198 Å². The van der Waals surface area contributed by atoms with Crippen molar-refractivity contribution in [1.82, 2.24) is 9.80 Å². The molecule has 1 aliphatic carbocycles. The van der Waals surface area contributed by atoms with Gasteiger partial charge < -0.3 is 25.6 Å². The van der Waals surface area contributed by atoms with Crippen molar-refractivity contribution in [3.63, 3.8) is 0 Å². The fourth-order valence-electron chi connectivity index (χ4n) is 4.74. The summed E-state index contributed by atoms with van der Waals surface area (Å²) >= 11 is 0. The van der Waals surface area contributed by atoms with Crippen LogP contribution in [0.25, 0.3) is 0 Å². The van der Waals surface area contributed by atoms with Crippen LogP contribution in [0.3, 0.4) is 0 Å². The summed E-state index contributed by atoms with van der Waals surface area (Å²) in [6.07, 6.45) is 5.04. The van der Waals surface area contributed by atoms with Crippen molar-refractivity contribution in [3.8, 4) is 5.75 Å². The molecule has 1 heterocycles. The average Bonchev–Trinajstić information content (AvgIpc) is 2.87. The number of ether oxygens (including phenoxy) is 1. The molecule has 0 aromatic heterocycles. The lowest BCUT2D eigenvalue weighted by Crippen LogP contribution is -2.49. The Morgan fingerprint density at radius 2 is 1.73 bits per heavy atom. The van der Waals surface area contributed by atoms with Gasteiger partial charge in [-0.05, 0) is 74.5 Å². The first-order valence-corrected chi connectivity index (χ1v) is 12.4. The van der Waals surface area contributed by atoms with Gasteiger partial charge in [0.15, 0.2) is 5.96 Å². The second-order valence-corrected chi connectivity index (χ2v) is 9.51. The predicted octanol–water partition coefficient (Wildman–Crippen LogP) is 4.05. The Morgan fingerprint density at radius 3 is 2.45 bits per heavy atom. The summed E-state index contributed by atoms with van der Waals surface area (Å²) in [6.45, 7) is 6.38. The highest BCUT2D eigenvalue weighted by molar-refractivity contribution is 5.93. The molecule has 6 heteroatoms. The van der Waals surface area contributed by atoms with Crippen molar-refractivity contribution in [1.29, 1.82) is 0 Å². The van der Waals surface area contributed by atoms with Crippen molar-refractivity contribution in [2.24, 2.45) is 22.6 Å². The number of nitrogens with one attached hydrogen (secondary N) is 1. The van der Waals surface area contributed by atoms with Crippen LogP contribution in [0.15, 0.2) is 59.6 Å². The third-order valence-corrected chi connectivity index (χ3v) is 6.89. The number of nitrogens with zero attached hydrogens (tertiary/aromatic N) is 3. The van der Waals surface area contributed by atoms with Gasteiger partial charge in [0.25, 0.3) is 0 Å². The molecule has 0 bridgehead atoms. The largest absolute Gasteiger partial charge is 0.489 e. The van der Waals surface area contributed by atoms with Gasteiger partial charge in [-0.3, -0.25) is 4.99 Å². The number of rotatable bonds is 7. The fourth-order valence-corrected chi connectivity index (χ4v) is 4.74. The van der Waals surface area contributed by atoms with Crippen molar-refractivity contribution in [2.45, 2.75) is 32.3 Å². The minimum absolute atomic E-state index is 0.576. The Kier molecular flexibility index (Phi) is 8.61. The molecule has 4 rings (SSSR count). The van der Waals surface area contributed by atoms with Crippen LogP contribution in [-0.2, 0) is 6.61 Å². The molecule has 3 N–H and O–H groups in total. The van der Waals surface area contributed by atoms with Crippen LogP contribution in [0.4, 0.5) is 5.69 Å². The molecule has 0 spiro atoms. The Morgan fingerprint density at radius 1 is 1.00 bits per heavy atom. The highest BCUT2D eigenvalue weighted by Gasteiger charge is 2.22. The predicted molar refractivity (Wildman–Crippen MR) is 137 cm³/mol. The lowest BCUT2D eigenvalue weighted by Gasteiger charge is -2.35. The third-order valence-electron chi connectivity index (χ3n) is 6.89. The summed E-state index contributed by atoms with van der Waals surface area (Å²) in [7, 11) is 2.19. The highest BCUT2D eigenvalue weighted by atomic mass is 16.5. The summed E-state index contributed by atoms with van der Waals surface area (Å²) in [5.41, 5.74) is 8.16. The second-order valence-electron chi connectivity index (χ2n) is 9.51. The van der Waals surface area contributed by atoms with Gasteiger partial charge in [0.2, 0.25) is 0 Å². The van der Waals surface area contributed by atoms with Crippen molar-refractivity contribution >= 4 is 11.6 Å². The van der Waals surface area contributed by atoms with Crippen LogP contribution in [0.1, 0.15) is 31.2 Å². The summed E-state index contributed by atoms with van der Waals surface area (Å²) in [5.74, 6) is 3.18.